The van der Waals surface area contributed by atoms with Gasteiger partial charge in [0.2, 0.25) is 0 Å². The van der Waals surface area contributed by atoms with E-state index < -0.39 is 0 Å². The van der Waals surface area contributed by atoms with Crippen LogP contribution in [0.1, 0.15) is 23.2 Å². The van der Waals surface area contributed by atoms with Gasteiger partial charge in [0.15, 0.2) is 0 Å². The summed E-state index contributed by atoms with van der Waals surface area (Å²) in [6, 6.07) is 3.56. The van der Waals surface area contributed by atoms with Gasteiger partial charge in [0.05, 0.1) is 11.7 Å². The molecule has 86 valence electrons. The number of nitrogens with zero attached hydrogens (tertiary/aromatic N) is 1. The largest absolute Gasteiger partial charge is 0.383 e. The monoisotopic (exact) mass is 221 g/mol. The molecule has 16 heavy (non-hydrogen) atoms. The Labute approximate surface area is 94.0 Å². The molecule has 0 radical (unpaired) electrons. The lowest BCUT2D eigenvalue weighted by Crippen LogP contribution is -2.47. The van der Waals surface area contributed by atoms with Crippen LogP contribution in [0.25, 0.3) is 0 Å². The number of nitrogens with two attached hydrogens (primary N) is 1. The second-order valence-corrected chi connectivity index (χ2v) is 3.94. The van der Waals surface area contributed by atoms with Crippen LogP contribution in [0, 0.1) is 0 Å². The van der Waals surface area contributed by atoms with Gasteiger partial charge in [0, 0.05) is 19.3 Å². The molecule has 1 aromatic rings. The standard InChI is InChI=1S/C11H15N3O2/c1-16-8-5-7(6-8)14-11(15)9-3-2-4-13-10(9)12/h2-4,7-8H,5-6H2,1H3,(H2,12,13)(H,14,15). The second kappa shape index (κ2) is 4.49. The molecule has 1 aliphatic carbocycles. The van der Waals surface area contributed by atoms with E-state index in [-0.39, 0.29) is 23.9 Å². The molecular formula is C11H15N3O2. The van der Waals surface area contributed by atoms with Gasteiger partial charge < -0.3 is 15.8 Å². The van der Waals surface area contributed by atoms with E-state index in [0.717, 1.165) is 12.8 Å². The van der Waals surface area contributed by atoms with Crippen LogP contribution >= 0.6 is 0 Å². The van der Waals surface area contributed by atoms with Crippen LogP contribution in [0.15, 0.2) is 18.3 Å². The number of pyridine rings is 1. The third kappa shape index (κ3) is 2.14. The number of amides is 1. The minimum atomic E-state index is -0.162. The number of ether oxygens (including phenoxy) is 1. The van der Waals surface area contributed by atoms with E-state index in [1.165, 1.54) is 0 Å². The Morgan fingerprint density at radius 3 is 3.00 bits per heavy atom. The molecule has 0 unspecified atom stereocenters. The van der Waals surface area contributed by atoms with Crippen LogP contribution in [0.2, 0.25) is 0 Å². The maximum Gasteiger partial charge on any atom is 0.255 e. The van der Waals surface area contributed by atoms with Gasteiger partial charge in [-0.15, -0.1) is 0 Å². The Bertz CT molecular complexity index is 389. The Balaban J connectivity index is 1.92. The molecule has 5 nitrogen and oxygen atoms in total. The smallest absolute Gasteiger partial charge is 0.255 e. The topological polar surface area (TPSA) is 77.2 Å². The van der Waals surface area contributed by atoms with Crippen LogP contribution in [0.3, 0.4) is 0 Å². The SMILES string of the molecule is COC1CC(NC(=O)c2cccnc2N)C1. The lowest BCUT2D eigenvalue weighted by Gasteiger charge is -2.34. The summed E-state index contributed by atoms with van der Waals surface area (Å²) in [5.74, 6) is 0.104. The summed E-state index contributed by atoms with van der Waals surface area (Å²) in [5.41, 5.74) is 6.05. The van der Waals surface area contributed by atoms with Crippen molar-refractivity contribution in [2.45, 2.75) is 25.0 Å². The molecule has 0 bridgehead atoms. The van der Waals surface area contributed by atoms with Gasteiger partial charge in [0.25, 0.3) is 5.91 Å². The van der Waals surface area contributed by atoms with Crippen molar-refractivity contribution in [2.24, 2.45) is 0 Å². The summed E-state index contributed by atoms with van der Waals surface area (Å²) in [6.45, 7) is 0. The fourth-order valence-corrected chi connectivity index (χ4v) is 1.75. The highest BCUT2D eigenvalue weighted by molar-refractivity contribution is 5.98. The summed E-state index contributed by atoms with van der Waals surface area (Å²) in [6.07, 6.45) is 3.57. The van der Waals surface area contributed by atoms with Gasteiger partial charge in [0.1, 0.15) is 5.82 Å². The number of hydrogen-bond acceptors (Lipinski definition) is 4. The van der Waals surface area contributed by atoms with Gasteiger partial charge in [-0.05, 0) is 25.0 Å². The van der Waals surface area contributed by atoms with E-state index in [2.05, 4.69) is 10.3 Å². The Hall–Kier alpha value is -1.62. The molecule has 3 N–H and O–H groups in total. The van der Waals surface area contributed by atoms with Crippen LogP contribution in [-0.2, 0) is 4.74 Å². The van der Waals surface area contributed by atoms with Crippen molar-refractivity contribution in [3.05, 3.63) is 23.9 Å². The minimum Gasteiger partial charge on any atom is -0.383 e. The normalized spacial score (nSPS) is 23.6. The molecule has 1 saturated carbocycles. The van der Waals surface area contributed by atoms with Crippen molar-refractivity contribution in [2.75, 3.05) is 12.8 Å². The zero-order valence-corrected chi connectivity index (χ0v) is 9.14. The first kappa shape index (κ1) is 10.9. The number of nitrogens with one attached hydrogen (secondary N) is 1. The number of anilines is 1. The number of carbonyl (C=O) groups excluding carboxylic acids is 1. The van der Waals surface area contributed by atoms with Gasteiger partial charge in [-0.2, -0.15) is 0 Å². The quantitative estimate of drug-likeness (QED) is 0.782. The summed E-state index contributed by atoms with van der Waals surface area (Å²) in [4.78, 5) is 15.7. The van der Waals surface area contributed by atoms with E-state index in [1.54, 1.807) is 25.4 Å². The predicted molar refractivity (Wildman–Crippen MR) is 59.9 cm³/mol. The second-order valence-electron chi connectivity index (χ2n) is 3.94. The molecule has 1 aliphatic rings. The molecule has 1 heterocycles. The zero-order chi connectivity index (χ0) is 11.5. The van der Waals surface area contributed by atoms with E-state index in [9.17, 15) is 4.79 Å². The number of carbonyl (C=O) groups is 1. The molecule has 0 atom stereocenters. The van der Waals surface area contributed by atoms with E-state index in [0.29, 0.717) is 5.56 Å². The first-order valence-corrected chi connectivity index (χ1v) is 5.25. The first-order chi connectivity index (χ1) is 7.70. The lowest BCUT2D eigenvalue weighted by molar-refractivity contribution is 0.0176. The predicted octanol–water partition coefficient (Wildman–Crippen LogP) is 0.571. The summed E-state index contributed by atoms with van der Waals surface area (Å²) < 4.78 is 5.14. The number of hydrogen-bond donors (Lipinski definition) is 2. The molecular weight excluding hydrogens is 206 g/mol. The minimum absolute atomic E-state index is 0.162. The molecule has 2 rings (SSSR count). The number of methoxy groups -OCH3 is 1. The van der Waals surface area contributed by atoms with Crippen LogP contribution < -0.4 is 11.1 Å². The van der Waals surface area contributed by atoms with Gasteiger partial charge in [-0.1, -0.05) is 0 Å². The molecule has 0 aromatic carbocycles. The molecule has 1 amide bonds. The maximum atomic E-state index is 11.8. The van der Waals surface area contributed by atoms with E-state index in [1.807, 2.05) is 0 Å². The van der Waals surface area contributed by atoms with Crippen molar-refractivity contribution in [1.29, 1.82) is 0 Å². The highest BCUT2D eigenvalue weighted by atomic mass is 16.5. The Kier molecular flexibility index (Phi) is 3.05. The molecule has 5 heteroatoms. The number of nitrogen functional groups attached to an aromatic ring is 1. The summed E-state index contributed by atoms with van der Waals surface area (Å²) in [5, 5.41) is 2.90. The zero-order valence-electron chi connectivity index (χ0n) is 9.14. The van der Waals surface area contributed by atoms with Gasteiger partial charge >= 0.3 is 0 Å². The maximum absolute atomic E-state index is 11.8. The molecule has 1 fully saturated rings. The highest BCUT2D eigenvalue weighted by Gasteiger charge is 2.30. The average molecular weight is 221 g/mol. The van der Waals surface area contributed by atoms with E-state index >= 15 is 0 Å². The Morgan fingerprint density at radius 2 is 2.38 bits per heavy atom. The fourth-order valence-electron chi connectivity index (χ4n) is 1.75. The average Bonchev–Trinajstić information content (AvgIpc) is 2.23. The van der Waals surface area contributed by atoms with Crippen molar-refractivity contribution < 1.29 is 9.53 Å². The number of aromatic nitrogens is 1. The third-order valence-corrected chi connectivity index (χ3v) is 2.85. The highest BCUT2D eigenvalue weighted by Crippen LogP contribution is 2.23. The lowest BCUT2D eigenvalue weighted by atomic mass is 9.89. The summed E-state index contributed by atoms with van der Waals surface area (Å²) in [7, 11) is 1.68. The number of rotatable bonds is 3. The molecule has 0 saturated heterocycles. The first-order valence-electron chi connectivity index (χ1n) is 5.25. The summed E-state index contributed by atoms with van der Waals surface area (Å²) >= 11 is 0. The molecule has 0 aliphatic heterocycles. The van der Waals surface area contributed by atoms with Crippen molar-refractivity contribution in [1.82, 2.24) is 10.3 Å². The molecule has 0 spiro atoms. The van der Waals surface area contributed by atoms with Crippen molar-refractivity contribution in [3.8, 4) is 0 Å². The fraction of sp³-hybridized carbons (Fsp3) is 0.455. The molecule has 1 aromatic heterocycles. The van der Waals surface area contributed by atoms with E-state index in [4.69, 9.17) is 10.5 Å². The third-order valence-electron chi connectivity index (χ3n) is 2.85. The van der Waals surface area contributed by atoms with Crippen molar-refractivity contribution in [3.63, 3.8) is 0 Å². The van der Waals surface area contributed by atoms with Gasteiger partial charge in [-0.25, -0.2) is 4.98 Å². The van der Waals surface area contributed by atoms with Crippen LogP contribution in [-0.4, -0.2) is 30.1 Å². The Morgan fingerprint density at radius 1 is 1.62 bits per heavy atom. The van der Waals surface area contributed by atoms with Gasteiger partial charge in [-0.3, -0.25) is 4.79 Å². The van der Waals surface area contributed by atoms with Crippen LogP contribution in [0.5, 0.6) is 0 Å². The van der Waals surface area contributed by atoms with Crippen molar-refractivity contribution >= 4 is 11.7 Å². The van der Waals surface area contributed by atoms with Crippen LogP contribution in [0.4, 0.5) is 5.82 Å².